The van der Waals surface area contributed by atoms with Crippen LogP contribution in [-0.2, 0) is 14.3 Å². The molecule has 132 valence electrons. The minimum atomic E-state index is -0.509. The molecule has 0 spiro atoms. The average Bonchev–Trinajstić information content (AvgIpc) is 3.00. The van der Waals surface area contributed by atoms with Crippen LogP contribution in [0.4, 0.5) is 0 Å². The number of terminal acetylenes is 1. The van der Waals surface area contributed by atoms with Crippen LogP contribution in [0.5, 0.6) is 0 Å². The number of Topliss-reactive ketones (excluding diaryl/α,β-unsaturated/α-hetero) is 1. The molecule has 0 aromatic rings. The lowest BCUT2D eigenvalue weighted by atomic mass is 10.1. The molecule has 2 rings (SSSR count). The van der Waals surface area contributed by atoms with Crippen molar-refractivity contribution in [3.63, 3.8) is 0 Å². The third-order valence-electron chi connectivity index (χ3n) is 5.11. The first-order chi connectivity index (χ1) is 11.8. The first-order valence-corrected chi connectivity index (χ1v) is 9.37. The van der Waals surface area contributed by atoms with Gasteiger partial charge in [0, 0.05) is 12.0 Å². The Bertz CT molecular complexity index is 733. The Labute approximate surface area is 153 Å². The fourth-order valence-corrected chi connectivity index (χ4v) is 4.04. The van der Waals surface area contributed by atoms with E-state index in [1.54, 1.807) is 6.92 Å². The molecule has 0 radical (unpaired) electrons. The van der Waals surface area contributed by atoms with Gasteiger partial charge in [0.25, 0.3) is 0 Å². The standard InChI is InChI=1S/C20H23NO3S/c1-6-8-14-12(3)17(10-16(14)22)24-19(23)18-15(20(18,4)5)9-13(11-21)25-7-2/h1,9,15,17-18H,7-8,10H2,2-5H3/t15-,17+,18+/m1/s1. The SMILES string of the molecule is C#CCC1=C(C)[C@@H](OC(=O)[C@@H]2[C@@H](C=C(C#N)SCC)C2(C)C)CC1=O. The molecule has 1 fully saturated rings. The van der Waals surface area contributed by atoms with Crippen molar-refractivity contribution >= 4 is 23.5 Å². The van der Waals surface area contributed by atoms with Crippen molar-refractivity contribution in [3.05, 3.63) is 22.1 Å². The maximum atomic E-state index is 12.6. The summed E-state index contributed by atoms with van der Waals surface area (Å²) in [5.41, 5.74) is 1.12. The Hall–Kier alpha value is -1.98. The molecule has 0 heterocycles. The van der Waals surface area contributed by atoms with E-state index in [1.165, 1.54) is 11.8 Å². The molecule has 2 aliphatic carbocycles. The molecule has 5 heteroatoms. The van der Waals surface area contributed by atoms with Crippen molar-refractivity contribution in [1.82, 2.24) is 0 Å². The van der Waals surface area contributed by atoms with Gasteiger partial charge in [-0.15, -0.1) is 24.1 Å². The van der Waals surface area contributed by atoms with Crippen molar-refractivity contribution in [3.8, 4) is 18.4 Å². The number of ketones is 1. The summed E-state index contributed by atoms with van der Waals surface area (Å²) in [6, 6.07) is 2.18. The normalized spacial score (nSPS) is 27.7. The fraction of sp³-hybridized carbons (Fsp3) is 0.550. The van der Waals surface area contributed by atoms with Crippen molar-refractivity contribution < 1.29 is 14.3 Å². The minimum absolute atomic E-state index is 0.0136. The highest BCUT2D eigenvalue weighted by Gasteiger charge is 2.62. The molecule has 2 aliphatic rings. The lowest BCUT2D eigenvalue weighted by molar-refractivity contribution is -0.150. The molecule has 0 aromatic carbocycles. The van der Waals surface area contributed by atoms with Crippen LogP contribution >= 0.6 is 11.8 Å². The van der Waals surface area contributed by atoms with Crippen LogP contribution in [-0.4, -0.2) is 23.6 Å². The molecule has 0 saturated heterocycles. The molecule has 1 saturated carbocycles. The molecule has 0 unspecified atom stereocenters. The van der Waals surface area contributed by atoms with Crippen molar-refractivity contribution in [2.24, 2.45) is 17.3 Å². The second-order valence-corrected chi connectivity index (χ2v) is 8.30. The minimum Gasteiger partial charge on any atom is -0.457 e. The Morgan fingerprint density at radius 2 is 2.20 bits per heavy atom. The monoisotopic (exact) mass is 357 g/mol. The van der Waals surface area contributed by atoms with Gasteiger partial charge in [-0.05, 0) is 29.6 Å². The van der Waals surface area contributed by atoms with E-state index in [0.717, 1.165) is 11.3 Å². The molecule has 3 atom stereocenters. The van der Waals surface area contributed by atoms with Crippen LogP contribution in [0.3, 0.4) is 0 Å². The van der Waals surface area contributed by atoms with E-state index in [1.807, 2.05) is 26.8 Å². The van der Waals surface area contributed by atoms with Gasteiger partial charge in [-0.2, -0.15) is 5.26 Å². The van der Waals surface area contributed by atoms with Crippen LogP contribution in [0.25, 0.3) is 0 Å². The van der Waals surface area contributed by atoms with Gasteiger partial charge < -0.3 is 4.74 Å². The van der Waals surface area contributed by atoms with Crippen LogP contribution in [0.15, 0.2) is 22.1 Å². The largest absolute Gasteiger partial charge is 0.457 e. The summed E-state index contributed by atoms with van der Waals surface area (Å²) in [6.45, 7) is 7.78. The zero-order chi connectivity index (χ0) is 18.8. The Kier molecular flexibility index (Phi) is 5.80. The lowest BCUT2D eigenvalue weighted by Crippen LogP contribution is -2.20. The summed E-state index contributed by atoms with van der Waals surface area (Å²) in [5, 5.41) is 9.19. The number of thioether (sulfide) groups is 1. The number of esters is 1. The molecule has 0 amide bonds. The summed E-state index contributed by atoms with van der Waals surface area (Å²) in [7, 11) is 0. The van der Waals surface area contributed by atoms with Crippen molar-refractivity contribution in [2.45, 2.75) is 46.6 Å². The number of allylic oxidation sites excluding steroid dienone is 3. The molecule has 4 nitrogen and oxygen atoms in total. The third-order valence-corrected chi connectivity index (χ3v) is 5.94. The molecule has 0 aromatic heterocycles. The molecular formula is C20H23NO3S. The lowest BCUT2D eigenvalue weighted by Gasteiger charge is -2.13. The Morgan fingerprint density at radius 1 is 1.52 bits per heavy atom. The number of ether oxygens (including phenoxy) is 1. The molecule has 0 aliphatic heterocycles. The van der Waals surface area contributed by atoms with E-state index in [0.29, 0.717) is 10.5 Å². The summed E-state index contributed by atoms with van der Waals surface area (Å²) >= 11 is 1.48. The van der Waals surface area contributed by atoms with Crippen LogP contribution in [0.2, 0.25) is 0 Å². The highest BCUT2D eigenvalue weighted by Crippen LogP contribution is 2.60. The second kappa shape index (κ2) is 7.50. The van der Waals surface area contributed by atoms with Crippen LogP contribution in [0, 0.1) is 40.9 Å². The number of hydrogen-bond donors (Lipinski definition) is 0. The van der Waals surface area contributed by atoms with E-state index >= 15 is 0 Å². The van der Waals surface area contributed by atoms with Gasteiger partial charge in [-0.25, -0.2) is 0 Å². The highest BCUT2D eigenvalue weighted by molar-refractivity contribution is 8.03. The van der Waals surface area contributed by atoms with Gasteiger partial charge in [-0.1, -0.05) is 26.8 Å². The molecule has 0 bridgehead atoms. The zero-order valence-corrected chi connectivity index (χ0v) is 15.9. The van der Waals surface area contributed by atoms with E-state index < -0.39 is 6.10 Å². The van der Waals surface area contributed by atoms with Crippen LogP contribution in [0.1, 0.15) is 40.5 Å². The summed E-state index contributed by atoms with van der Waals surface area (Å²) in [6.07, 6.45) is 7.12. The zero-order valence-electron chi connectivity index (χ0n) is 15.1. The number of carbonyl (C=O) groups excluding carboxylic acids is 2. The van der Waals surface area contributed by atoms with E-state index in [-0.39, 0.29) is 41.8 Å². The van der Waals surface area contributed by atoms with Crippen molar-refractivity contribution in [1.29, 1.82) is 5.26 Å². The topological polar surface area (TPSA) is 67.2 Å². The fourth-order valence-electron chi connectivity index (χ4n) is 3.42. The highest BCUT2D eigenvalue weighted by atomic mass is 32.2. The van der Waals surface area contributed by atoms with Crippen molar-refractivity contribution in [2.75, 3.05) is 5.75 Å². The average molecular weight is 357 g/mol. The number of carbonyl (C=O) groups is 2. The van der Waals surface area contributed by atoms with Gasteiger partial charge in [-0.3, -0.25) is 9.59 Å². The van der Waals surface area contributed by atoms with Crippen LogP contribution < -0.4 is 0 Å². The predicted octanol–water partition coefficient (Wildman–Crippen LogP) is 3.64. The first kappa shape index (κ1) is 19.3. The molecule has 0 N–H and O–H groups in total. The summed E-state index contributed by atoms with van der Waals surface area (Å²) in [4.78, 5) is 25.3. The van der Waals surface area contributed by atoms with Gasteiger partial charge in [0.15, 0.2) is 5.78 Å². The molecular weight excluding hydrogens is 334 g/mol. The quantitative estimate of drug-likeness (QED) is 0.412. The van der Waals surface area contributed by atoms with Gasteiger partial charge in [0.1, 0.15) is 12.2 Å². The van der Waals surface area contributed by atoms with E-state index in [9.17, 15) is 14.9 Å². The molecule has 25 heavy (non-hydrogen) atoms. The summed E-state index contributed by atoms with van der Waals surface area (Å²) < 4.78 is 5.63. The number of nitrogens with zero attached hydrogens (tertiary/aromatic N) is 1. The Balaban J connectivity index is 2.09. The maximum absolute atomic E-state index is 12.6. The van der Waals surface area contributed by atoms with Gasteiger partial charge >= 0.3 is 5.97 Å². The van der Waals surface area contributed by atoms with E-state index in [4.69, 9.17) is 11.2 Å². The third kappa shape index (κ3) is 3.83. The summed E-state index contributed by atoms with van der Waals surface area (Å²) in [5.74, 6) is 2.66. The Morgan fingerprint density at radius 3 is 2.76 bits per heavy atom. The number of nitriles is 1. The maximum Gasteiger partial charge on any atom is 0.310 e. The number of hydrogen-bond acceptors (Lipinski definition) is 5. The number of rotatable bonds is 6. The smallest absolute Gasteiger partial charge is 0.310 e. The second-order valence-electron chi connectivity index (χ2n) is 7.00. The van der Waals surface area contributed by atoms with E-state index in [2.05, 4.69) is 12.0 Å². The van der Waals surface area contributed by atoms with Gasteiger partial charge in [0.2, 0.25) is 0 Å². The van der Waals surface area contributed by atoms with Gasteiger partial charge in [0.05, 0.1) is 17.2 Å². The first-order valence-electron chi connectivity index (χ1n) is 8.39. The predicted molar refractivity (Wildman–Crippen MR) is 98.2 cm³/mol.